The number of nitrogens with one attached hydrogen (secondary N) is 2. The molecule has 0 amide bonds. The largest absolute Gasteiger partial charge is 0.489 e. The lowest BCUT2D eigenvalue weighted by molar-refractivity contribution is 0.223. The van der Waals surface area contributed by atoms with Crippen LogP contribution in [0.3, 0.4) is 0 Å². The number of guanidine groups is 1. The molecule has 0 radical (unpaired) electrons. The van der Waals surface area contributed by atoms with E-state index in [-0.39, 0.29) is 35.9 Å². The van der Waals surface area contributed by atoms with Crippen molar-refractivity contribution in [2.24, 2.45) is 10.9 Å². The molecule has 25 heavy (non-hydrogen) atoms. The van der Waals surface area contributed by atoms with Gasteiger partial charge in [0.1, 0.15) is 17.7 Å². The number of nitrogens with zero attached hydrogens (tertiary/aromatic N) is 2. The first kappa shape index (κ1) is 22.0. The normalized spacial score (nSPS) is 19.2. The molecule has 1 aromatic carbocycles. The number of benzene rings is 1. The molecular formula is C18H30FIN4O. The predicted molar refractivity (Wildman–Crippen MR) is 111 cm³/mol. The summed E-state index contributed by atoms with van der Waals surface area (Å²) in [5, 5.41) is 6.64. The van der Waals surface area contributed by atoms with Gasteiger partial charge in [0.05, 0.1) is 6.54 Å². The van der Waals surface area contributed by atoms with Gasteiger partial charge in [-0.3, -0.25) is 4.99 Å². The van der Waals surface area contributed by atoms with Crippen LogP contribution in [0.4, 0.5) is 4.39 Å². The Labute approximate surface area is 167 Å². The van der Waals surface area contributed by atoms with Crippen molar-refractivity contribution in [1.29, 1.82) is 0 Å². The molecule has 2 atom stereocenters. The predicted octanol–water partition coefficient (Wildman–Crippen LogP) is 2.72. The number of hydrogen-bond donors (Lipinski definition) is 2. The monoisotopic (exact) mass is 464 g/mol. The molecule has 2 N–H and O–H groups in total. The van der Waals surface area contributed by atoms with E-state index in [4.69, 9.17) is 4.74 Å². The number of likely N-dealkylation sites (tertiary alicyclic amines) is 1. The maximum atomic E-state index is 13.2. The average Bonchev–Trinajstić information content (AvgIpc) is 3.03. The average molecular weight is 464 g/mol. The van der Waals surface area contributed by atoms with Crippen LogP contribution in [-0.2, 0) is 0 Å². The first-order valence-electron chi connectivity index (χ1n) is 8.69. The second kappa shape index (κ2) is 11.5. The Balaban J connectivity index is 0.00000312. The van der Waals surface area contributed by atoms with E-state index < -0.39 is 0 Å². The highest BCUT2D eigenvalue weighted by molar-refractivity contribution is 14.0. The summed E-state index contributed by atoms with van der Waals surface area (Å²) in [6.07, 6.45) is 1.14. The second-order valence-electron chi connectivity index (χ2n) is 6.27. The minimum atomic E-state index is -0.289. The van der Waals surface area contributed by atoms with Gasteiger partial charge in [-0.1, -0.05) is 13.0 Å². The lowest BCUT2D eigenvalue weighted by Crippen LogP contribution is -2.43. The molecule has 1 aromatic rings. The highest BCUT2D eigenvalue weighted by atomic mass is 127. The van der Waals surface area contributed by atoms with E-state index in [9.17, 15) is 4.39 Å². The Bertz CT molecular complexity index is 544. The Kier molecular flexibility index (Phi) is 10.1. The van der Waals surface area contributed by atoms with E-state index in [0.29, 0.717) is 18.2 Å². The Morgan fingerprint density at radius 1 is 1.44 bits per heavy atom. The molecule has 5 nitrogen and oxygen atoms in total. The summed E-state index contributed by atoms with van der Waals surface area (Å²) in [6, 6.07) is 6.20. The lowest BCUT2D eigenvalue weighted by atomic mass is 10.1. The fourth-order valence-electron chi connectivity index (χ4n) is 2.88. The zero-order valence-electron chi connectivity index (χ0n) is 15.3. The highest BCUT2D eigenvalue weighted by Gasteiger charge is 2.21. The van der Waals surface area contributed by atoms with Crippen LogP contribution < -0.4 is 15.4 Å². The zero-order valence-corrected chi connectivity index (χ0v) is 17.6. The Morgan fingerprint density at radius 3 is 2.88 bits per heavy atom. The van der Waals surface area contributed by atoms with Crippen LogP contribution in [0.5, 0.6) is 5.75 Å². The summed E-state index contributed by atoms with van der Waals surface area (Å²) in [7, 11) is 1.76. The van der Waals surface area contributed by atoms with Crippen LogP contribution in [0.25, 0.3) is 0 Å². The van der Waals surface area contributed by atoms with E-state index in [2.05, 4.69) is 27.4 Å². The fraction of sp³-hybridized carbons (Fsp3) is 0.611. The van der Waals surface area contributed by atoms with Crippen molar-refractivity contribution in [2.45, 2.75) is 26.4 Å². The van der Waals surface area contributed by atoms with Gasteiger partial charge < -0.3 is 20.3 Å². The molecule has 1 aliphatic heterocycles. The first-order chi connectivity index (χ1) is 11.6. The minimum absolute atomic E-state index is 0. The van der Waals surface area contributed by atoms with E-state index in [1.807, 2.05) is 6.92 Å². The Morgan fingerprint density at radius 2 is 2.24 bits per heavy atom. The summed E-state index contributed by atoms with van der Waals surface area (Å²) in [6.45, 7) is 9.14. The summed E-state index contributed by atoms with van der Waals surface area (Å²) >= 11 is 0. The van der Waals surface area contributed by atoms with Gasteiger partial charge in [-0.05, 0) is 44.5 Å². The topological polar surface area (TPSA) is 48.9 Å². The van der Waals surface area contributed by atoms with Crippen LogP contribution in [0.2, 0.25) is 0 Å². The quantitative estimate of drug-likeness (QED) is 0.370. The van der Waals surface area contributed by atoms with E-state index in [0.717, 1.165) is 25.6 Å². The zero-order chi connectivity index (χ0) is 17.4. The van der Waals surface area contributed by atoms with Crippen molar-refractivity contribution in [3.63, 3.8) is 0 Å². The summed E-state index contributed by atoms with van der Waals surface area (Å²) in [5.74, 6) is 1.70. The van der Waals surface area contributed by atoms with Gasteiger partial charge in [0.25, 0.3) is 0 Å². The molecule has 1 saturated heterocycles. The summed E-state index contributed by atoms with van der Waals surface area (Å²) in [4.78, 5) is 6.72. The molecular weight excluding hydrogens is 434 g/mol. The third-order valence-electron chi connectivity index (χ3n) is 4.29. The molecule has 0 spiro atoms. The molecule has 0 aliphatic carbocycles. The van der Waals surface area contributed by atoms with Crippen molar-refractivity contribution >= 4 is 29.9 Å². The van der Waals surface area contributed by atoms with Gasteiger partial charge in [0.15, 0.2) is 5.96 Å². The third kappa shape index (κ3) is 7.77. The molecule has 1 fully saturated rings. The fourth-order valence-corrected chi connectivity index (χ4v) is 2.88. The molecule has 1 aliphatic rings. The van der Waals surface area contributed by atoms with Gasteiger partial charge in [-0.2, -0.15) is 0 Å². The summed E-state index contributed by atoms with van der Waals surface area (Å²) in [5.41, 5.74) is 0. The van der Waals surface area contributed by atoms with Crippen molar-refractivity contribution in [1.82, 2.24) is 15.5 Å². The molecule has 2 unspecified atom stereocenters. The molecule has 0 saturated carbocycles. The number of aliphatic imine (C=N–C) groups is 1. The molecule has 0 bridgehead atoms. The SMILES string of the molecule is CCN1CCC(CNC(=NC)NCC(C)Oc2cccc(F)c2)C1.I. The lowest BCUT2D eigenvalue weighted by Gasteiger charge is -2.19. The minimum Gasteiger partial charge on any atom is -0.489 e. The van der Waals surface area contributed by atoms with Crippen molar-refractivity contribution < 1.29 is 9.13 Å². The van der Waals surface area contributed by atoms with Crippen LogP contribution in [0.1, 0.15) is 20.3 Å². The van der Waals surface area contributed by atoms with Crippen molar-refractivity contribution in [3.05, 3.63) is 30.1 Å². The summed E-state index contributed by atoms with van der Waals surface area (Å²) < 4.78 is 18.9. The van der Waals surface area contributed by atoms with Crippen LogP contribution >= 0.6 is 24.0 Å². The van der Waals surface area contributed by atoms with Gasteiger partial charge in [-0.15, -0.1) is 24.0 Å². The molecule has 0 aromatic heterocycles. The van der Waals surface area contributed by atoms with Gasteiger partial charge in [-0.25, -0.2) is 4.39 Å². The van der Waals surface area contributed by atoms with Crippen molar-refractivity contribution in [2.75, 3.05) is 39.8 Å². The molecule has 142 valence electrons. The van der Waals surface area contributed by atoms with Crippen LogP contribution in [0, 0.1) is 11.7 Å². The van der Waals surface area contributed by atoms with E-state index in [1.165, 1.54) is 25.1 Å². The third-order valence-corrected chi connectivity index (χ3v) is 4.29. The molecule has 2 rings (SSSR count). The number of rotatable bonds is 7. The van der Waals surface area contributed by atoms with Gasteiger partial charge in [0.2, 0.25) is 0 Å². The molecule has 1 heterocycles. The van der Waals surface area contributed by atoms with E-state index >= 15 is 0 Å². The molecule has 7 heteroatoms. The second-order valence-corrected chi connectivity index (χ2v) is 6.27. The Hall–Kier alpha value is -1.09. The van der Waals surface area contributed by atoms with E-state index in [1.54, 1.807) is 19.2 Å². The van der Waals surface area contributed by atoms with Gasteiger partial charge in [0, 0.05) is 26.2 Å². The maximum Gasteiger partial charge on any atom is 0.191 e. The number of halogens is 2. The maximum absolute atomic E-state index is 13.2. The smallest absolute Gasteiger partial charge is 0.191 e. The highest BCUT2D eigenvalue weighted by Crippen LogP contribution is 2.15. The first-order valence-corrected chi connectivity index (χ1v) is 8.69. The van der Waals surface area contributed by atoms with Crippen LogP contribution in [-0.4, -0.2) is 56.7 Å². The number of ether oxygens (including phenoxy) is 1. The van der Waals surface area contributed by atoms with Crippen molar-refractivity contribution in [3.8, 4) is 5.75 Å². The standard InChI is InChI=1S/C18H29FN4O.HI/c1-4-23-9-8-15(13-23)12-22-18(20-3)21-11-14(2)24-17-7-5-6-16(19)10-17;/h5-7,10,14-15H,4,8-9,11-13H2,1-3H3,(H2,20,21,22);1H. The van der Waals surface area contributed by atoms with Gasteiger partial charge >= 0.3 is 0 Å². The number of hydrogen-bond acceptors (Lipinski definition) is 3. The van der Waals surface area contributed by atoms with Crippen LogP contribution in [0.15, 0.2) is 29.3 Å².